The first-order valence-corrected chi connectivity index (χ1v) is 14.7. The molecule has 1 rings (SSSR count). The Morgan fingerprint density at radius 3 is 1.19 bits per heavy atom. The van der Waals surface area contributed by atoms with E-state index < -0.39 is 11.9 Å². The first-order chi connectivity index (χ1) is 15.4. The summed E-state index contributed by atoms with van der Waals surface area (Å²) in [4.78, 5) is 25.8. The molecule has 0 amide bonds. The van der Waals surface area contributed by atoms with Crippen LogP contribution in [0, 0.1) is 0 Å². The van der Waals surface area contributed by atoms with Gasteiger partial charge in [-0.3, -0.25) is 0 Å². The summed E-state index contributed by atoms with van der Waals surface area (Å²) >= 11 is 13.8. The molecule has 0 saturated carbocycles. The van der Waals surface area contributed by atoms with Crippen LogP contribution < -0.4 is 0 Å². The van der Waals surface area contributed by atoms with E-state index in [1.807, 2.05) is 0 Å². The van der Waals surface area contributed by atoms with E-state index in [2.05, 4.69) is 77.6 Å². The highest BCUT2D eigenvalue weighted by atomic mass is 79.9. The second kappa shape index (κ2) is 17.5. The summed E-state index contributed by atoms with van der Waals surface area (Å²) < 4.78 is 13.2. The zero-order valence-electron chi connectivity index (χ0n) is 19.0. The molecular formula is C24H34Br4O4. The van der Waals surface area contributed by atoms with Crippen molar-refractivity contribution in [1.82, 2.24) is 0 Å². The third-order valence-corrected chi connectivity index (χ3v) is 9.91. The molecule has 8 heteroatoms. The molecule has 32 heavy (non-hydrogen) atoms. The van der Waals surface area contributed by atoms with Crippen LogP contribution in [0.2, 0.25) is 0 Å². The number of esters is 2. The molecule has 0 N–H and O–H groups in total. The molecule has 0 aliphatic rings. The lowest BCUT2D eigenvalue weighted by Crippen LogP contribution is -2.17. The number of hydrogen-bond acceptors (Lipinski definition) is 4. The van der Waals surface area contributed by atoms with Gasteiger partial charge >= 0.3 is 11.9 Å². The fourth-order valence-electron chi connectivity index (χ4n) is 3.25. The molecule has 182 valence electrons. The Bertz CT molecular complexity index is 676. The summed E-state index contributed by atoms with van der Waals surface area (Å²) in [6, 6.07) is 0. The molecule has 0 heterocycles. The summed E-state index contributed by atoms with van der Waals surface area (Å²) in [5.41, 5.74) is 0.344. The quantitative estimate of drug-likeness (QED) is 0.0744. The first-order valence-electron chi connectivity index (χ1n) is 11.6. The monoisotopic (exact) mass is 702 g/mol. The Labute approximate surface area is 226 Å². The Morgan fingerprint density at radius 1 is 0.531 bits per heavy atom. The summed E-state index contributed by atoms with van der Waals surface area (Å²) in [6.07, 6.45) is 13.2. The topological polar surface area (TPSA) is 52.6 Å². The van der Waals surface area contributed by atoms with Gasteiger partial charge in [0.2, 0.25) is 0 Å². The minimum Gasteiger partial charge on any atom is -0.462 e. The maximum atomic E-state index is 12.9. The smallest absolute Gasteiger partial charge is 0.340 e. The van der Waals surface area contributed by atoms with Gasteiger partial charge in [-0.05, 0) is 76.6 Å². The predicted molar refractivity (Wildman–Crippen MR) is 145 cm³/mol. The fraction of sp³-hybridized carbons (Fsp3) is 0.667. The largest absolute Gasteiger partial charge is 0.462 e. The van der Waals surface area contributed by atoms with Crippen LogP contribution in [0.1, 0.15) is 112 Å². The molecule has 0 saturated heterocycles. The minimum absolute atomic E-state index is 0.172. The van der Waals surface area contributed by atoms with Crippen molar-refractivity contribution in [3.05, 3.63) is 29.0 Å². The van der Waals surface area contributed by atoms with Crippen LogP contribution in [0.4, 0.5) is 0 Å². The van der Waals surface area contributed by atoms with Gasteiger partial charge in [-0.2, -0.15) is 0 Å². The van der Waals surface area contributed by atoms with Crippen molar-refractivity contribution in [2.45, 2.75) is 90.9 Å². The Kier molecular flexibility index (Phi) is 16.5. The van der Waals surface area contributed by atoms with Crippen LogP contribution >= 0.6 is 63.7 Å². The van der Waals surface area contributed by atoms with Crippen molar-refractivity contribution in [1.29, 1.82) is 0 Å². The molecule has 0 aliphatic carbocycles. The number of halogens is 4. The lowest BCUT2D eigenvalue weighted by Gasteiger charge is -2.16. The van der Waals surface area contributed by atoms with E-state index in [0.29, 0.717) is 31.1 Å². The summed E-state index contributed by atoms with van der Waals surface area (Å²) in [7, 11) is 0. The molecule has 1 aromatic rings. The Hall–Kier alpha value is 0.0800. The standard InChI is InChI=1S/C24H34Br4O4/c1-3-5-7-9-11-13-15-31-23(29)17-18(20(26)22(28)21(27)19(17)25)24(30)32-16-14-12-10-8-6-4-2/h3-16H2,1-2H3. The van der Waals surface area contributed by atoms with E-state index in [1.54, 1.807) is 0 Å². The molecule has 0 aliphatic heterocycles. The Balaban J connectivity index is 2.79. The molecular weight excluding hydrogens is 672 g/mol. The van der Waals surface area contributed by atoms with E-state index in [1.165, 1.54) is 38.5 Å². The van der Waals surface area contributed by atoms with Gasteiger partial charge in [-0.25, -0.2) is 9.59 Å². The number of benzene rings is 1. The molecule has 0 aromatic heterocycles. The van der Waals surface area contributed by atoms with Crippen LogP contribution in [0.3, 0.4) is 0 Å². The highest BCUT2D eigenvalue weighted by Gasteiger charge is 2.29. The van der Waals surface area contributed by atoms with E-state index >= 15 is 0 Å². The fourth-order valence-corrected chi connectivity index (χ4v) is 5.70. The van der Waals surface area contributed by atoms with Crippen molar-refractivity contribution in [2.24, 2.45) is 0 Å². The van der Waals surface area contributed by atoms with Gasteiger partial charge in [-0.1, -0.05) is 78.1 Å². The molecule has 0 spiro atoms. The second-order valence-electron chi connectivity index (χ2n) is 7.81. The SMILES string of the molecule is CCCCCCCCOC(=O)c1c(Br)c(Br)c(Br)c(Br)c1C(=O)OCCCCCCCC. The number of hydrogen-bond donors (Lipinski definition) is 0. The highest BCUT2D eigenvalue weighted by molar-refractivity contribution is 9.15. The first kappa shape index (κ1) is 30.1. The van der Waals surface area contributed by atoms with Crippen molar-refractivity contribution in [3.63, 3.8) is 0 Å². The van der Waals surface area contributed by atoms with Crippen molar-refractivity contribution >= 4 is 75.7 Å². The number of carbonyl (C=O) groups is 2. The normalized spacial score (nSPS) is 10.9. The second-order valence-corrected chi connectivity index (χ2v) is 11.0. The molecule has 1 aromatic carbocycles. The van der Waals surface area contributed by atoms with E-state index in [4.69, 9.17) is 9.47 Å². The summed E-state index contributed by atoms with van der Waals surface area (Å²) in [5.74, 6) is -1.07. The van der Waals surface area contributed by atoms with Gasteiger partial charge in [0.15, 0.2) is 0 Å². The third kappa shape index (κ3) is 10.1. The summed E-state index contributed by atoms with van der Waals surface area (Å²) in [6.45, 7) is 5.03. The van der Waals surface area contributed by atoms with Gasteiger partial charge in [0.1, 0.15) is 0 Å². The van der Waals surface area contributed by atoms with E-state index in [0.717, 1.165) is 38.5 Å². The van der Waals surface area contributed by atoms with Gasteiger partial charge in [-0.15, -0.1) is 0 Å². The minimum atomic E-state index is -0.536. The molecule has 0 bridgehead atoms. The average molecular weight is 706 g/mol. The number of unbranched alkanes of at least 4 members (excludes halogenated alkanes) is 10. The highest BCUT2D eigenvalue weighted by Crippen LogP contribution is 2.42. The lowest BCUT2D eigenvalue weighted by atomic mass is 10.1. The maximum absolute atomic E-state index is 12.9. The lowest BCUT2D eigenvalue weighted by molar-refractivity contribution is 0.0448. The van der Waals surface area contributed by atoms with Gasteiger partial charge in [0, 0.05) is 17.9 Å². The molecule has 0 unspecified atom stereocenters. The molecule has 0 fully saturated rings. The van der Waals surface area contributed by atoms with Crippen molar-refractivity contribution in [2.75, 3.05) is 13.2 Å². The van der Waals surface area contributed by atoms with Crippen LogP contribution in [0.15, 0.2) is 17.9 Å². The molecule has 4 nitrogen and oxygen atoms in total. The third-order valence-electron chi connectivity index (χ3n) is 5.14. The Morgan fingerprint density at radius 2 is 0.844 bits per heavy atom. The maximum Gasteiger partial charge on any atom is 0.340 e. The number of rotatable bonds is 16. The average Bonchev–Trinajstić information content (AvgIpc) is 2.78. The zero-order valence-corrected chi connectivity index (χ0v) is 25.4. The summed E-state index contributed by atoms with van der Waals surface area (Å²) in [5, 5.41) is 0. The van der Waals surface area contributed by atoms with Crippen LogP contribution in [-0.2, 0) is 9.47 Å². The predicted octanol–water partition coefficient (Wildman–Crippen LogP) is 9.77. The number of carbonyl (C=O) groups excluding carboxylic acids is 2. The van der Waals surface area contributed by atoms with Crippen LogP contribution in [0.5, 0.6) is 0 Å². The van der Waals surface area contributed by atoms with Crippen molar-refractivity contribution < 1.29 is 19.1 Å². The van der Waals surface area contributed by atoms with Gasteiger partial charge in [0.25, 0.3) is 0 Å². The van der Waals surface area contributed by atoms with Crippen molar-refractivity contribution in [3.8, 4) is 0 Å². The molecule has 0 atom stereocenters. The van der Waals surface area contributed by atoms with Gasteiger partial charge in [0.05, 0.1) is 24.3 Å². The van der Waals surface area contributed by atoms with E-state index in [9.17, 15) is 9.59 Å². The van der Waals surface area contributed by atoms with Crippen LogP contribution in [0.25, 0.3) is 0 Å². The van der Waals surface area contributed by atoms with Crippen LogP contribution in [-0.4, -0.2) is 25.2 Å². The van der Waals surface area contributed by atoms with E-state index in [-0.39, 0.29) is 11.1 Å². The molecule has 0 radical (unpaired) electrons. The zero-order chi connectivity index (χ0) is 23.9. The number of ether oxygens (including phenoxy) is 2. The van der Waals surface area contributed by atoms with Gasteiger partial charge < -0.3 is 9.47 Å².